The first-order valence-electron chi connectivity index (χ1n) is 8.41. The van der Waals surface area contributed by atoms with Gasteiger partial charge in [0, 0.05) is 6.54 Å². The summed E-state index contributed by atoms with van der Waals surface area (Å²) in [6, 6.07) is 9.40. The van der Waals surface area contributed by atoms with E-state index in [9.17, 15) is 0 Å². The molecule has 2 aliphatic heterocycles. The van der Waals surface area contributed by atoms with Gasteiger partial charge in [0.15, 0.2) is 0 Å². The van der Waals surface area contributed by atoms with Crippen molar-refractivity contribution >= 4 is 0 Å². The van der Waals surface area contributed by atoms with Gasteiger partial charge in [0.25, 0.3) is 0 Å². The van der Waals surface area contributed by atoms with E-state index in [1.54, 1.807) is 0 Å². The topological polar surface area (TPSA) is 15.3 Å². The van der Waals surface area contributed by atoms with E-state index < -0.39 is 0 Å². The smallest absolute Gasteiger partial charge is 0.0233 e. The molecule has 1 aromatic rings. The summed E-state index contributed by atoms with van der Waals surface area (Å²) in [6.07, 6.45) is 8.17. The van der Waals surface area contributed by atoms with Crippen molar-refractivity contribution in [3.8, 4) is 0 Å². The predicted molar refractivity (Wildman–Crippen MR) is 84.9 cm³/mol. The SMILES string of the molecule is c1cc(CN2CCCCC2)ccc1CC1CCCNC1. The van der Waals surface area contributed by atoms with Crippen LogP contribution in [0.1, 0.15) is 43.2 Å². The average molecular weight is 272 g/mol. The highest BCUT2D eigenvalue weighted by atomic mass is 15.1. The summed E-state index contributed by atoms with van der Waals surface area (Å²) < 4.78 is 0. The molecule has 20 heavy (non-hydrogen) atoms. The van der Waals surface area contributed by atoms with E-state index in [0.717, 1.165) is 12.5 Å². The van der Waals surface area contributed by atoms with Crippen molar-refractivity contribution in [2.45, 2.75) is 45.1 Å². The van der Waals surface area contributed by atoms with E-state index >= 15 is 0 Å². The molecule has 3 rings (SSSR count). The summed E-state index contributed by atoms with van der Waals surface area (Å²) in [5, 5.41) is 3.51. The van der Waals surface area contributed by atoms with Crippen LogP contribution in [0, 0.1) is 5.92 Å². The molecular formula is C18H28N2. The number of likely N-dealkylation sites (tertiary alicyclic amines) is 1. The molecule has 2 nitrogen and oxygen atoms in total. The molecule has 0 aromatic heterocycles. The summed E-state index contributed by atoms with van der Waals surface area (Å²) in [6.45, 7) is 6.14. The second-order valence-corrected chi connectivity index (χ2v) is 6.57. The van der Waals surface area contributed by atoms with Crippen LogP contribution in [0.5, 0.6) is 0 Å². The Hall–Kier alpha value is -0.860. The molecule has 110 valence electrons. The molecule has 2 saturated heterocycles. The lowest BCUT2D eigenvalue weighted by molar-refractivity contribution is 0.221. The maximum Gasteiger partial charge on any atom is 0.0233 e. The second-order valence-electron chi connectivity index (χ2n) is 6.57. The monoisotopic (exact) mass is 272 g/mol. The lowest BCUT2D eigenvalue weighted by Crippen LogP contribution is -2.30. The molecule has 2 fully saturated rings. The Morgan fingerprint density at radius 1 is 0.950 bits per heavy atom. The third-order valence-corrected chi connectivity index (χ3v) is 4.80. The lowest BCUT2D eigenvalue weighted by Gasteiger charge is -2.26. The normalized spacial score (nSPS) is 24.7. The number of nitrogens with zero attached hydrogens (tertiary/aromatic N) is 1. The Labute approximate surface area is 123 Å². The van der Waals surface area contributed by atoms with E-state index in [0.29, 0.717) is 0 Å². The minimum Gasteiger partial charge on any atom is -0.316 e. The van der Waals surface area contributed by atoms with Crippen LogP contribution in [0.2, 0.25) is 0 Å². The van der Waals surface area contributed by atoms with Gasteiger partial charge in [-0.1, -0.05) is 30.7 Å². The fraction of sp³-hybridized carbons (Fsp3) is 0.667. The van der Waals surface area contributed by atoms with Gasteiger partial charge < -0.3 is 5.32 Å². The number of hydrogen-bond acceptors (Lipinski definition) is 2. The Balaban J connectivity index is 1.51. The van der Waals surface area contributed by atoms with Gasteiger partial charge in [-0.3, -0.25) is 4.90 Å². The first kappa shape index (κ1) is 14.1. The Bertz CT molecular complexity index is 347. The molecule has 0 aliphatic carbocycles. The van der Waals surface area contributed by atoms with Crippen molar-refractivity contribution < 1.29 is 0 Å². The highest BCUT2D eigenvalue weighted by Gasteiger charge is 2.14. The minimum absolute atomic E-state index is 0.844. The van der Waals surface area contributed by atoms with Crippen molar-refractivity contribution in [3.63, 3.8) is 0 Å². The third-order valence-electron chi connectivity index (χ3n) is 4.80. The zero-order valence-electron chi connectivity index (χ0n) is 12.6. The maximum absolute atomic E-state index is 3.51. The van der Waals surface area contributed by atoms with Gasteiger partial charge in [-0.25, -0.2) is 0 Å². The van der Waals surface area contributed by atoms with E-state index in [1.165, 1.54) is 75.8 Å². The van der Waals surface area contributed by atoms with Gasteiger partial charge in [0.1, 0.15) is 0 Å². The summed E-state index contributed by atoms with van der Waals surface area (Å²) in [7, 11) is 0. The summed E-state index contributed by atoms with van der Waals surface area (Å²) in [4.78, 5) is 2.60. The molecule has 0 spiro atoms. The molecule has 1 N–H and O–H groups in total. The van der Waals surface area contributed by atoms with Gasteiger partial charge in [0.2, 0.25) is 0 Å². The maximum atomic E-state index is 3.51. The molecule has 2 aliphatic rings. The zero-order chi connectivity index (χ0) is 13.6. The molecular weight excluding hydrogens is 244 g/mol. The van der Waals surface area contributed by atoms with E-state index in [-0.39, 0.29) is 0 Å². The first-order chi connectivity index (χ1) is 9.90. The highest BCUT2D eigenvalue weighted by Crippen LogP contribution is 2.18. The van der Waals surface area contributed by atoms with Crippen molar-refractivity contribution in [1.29, 1.82) is 0 Å². The van der Waals surface area contributed by atoms with Gasteiger partial charge in [-0.05, 0) is 75.3 Å². The zero-order valence-corrected chi connectivity index (χ0v) is 12.6. The molecule has 0 amide bonds. The Morgan fingerprint density at radius 3 is 2.40 bits per heavy atom. The molecule has 0 bridgehead atoms. The van der Waals surface area contributed by atoms with Crippen LogP contribution in [0.25, 0.3) is 0 Å². The highest BCUT2D eigenvalue weighted by molar-refractivity contribution is 5.23. The number of nitrogens with one attached hydrogen (secondary N) is 1. The van der Waals surface area contributed by atoms with Crippen molar-refractivity contribution in [3.05, 3.63) is 35.4 Å². The summed E-state index contributed by atoms with van der Waals surface area (Å²) in [5.74, 6) is 0.844. The number of hydrogen-bond donors (Lipinski definition) is 1. The quantitative estimate of drug-likeness (QED) is 0.905. The van der Waals surface area contributed by atoms with Crippen LogP contribution >= 0.6 is 0 Å². The van der Waals surface area contributed by atoms with Crippen LogP contribution in [0.4, 0.5) is 0 Å². The minimum atomic E-state index is 0.844. The van der Waals surface area contributed by atoms with Crippen LogP contribution in [-0.2, 0) is 13.0 Å². The van der Waals surface area contributed by atoms with Crippen LogP contribution < -0.4 is 5.32 Å². The van der Waals surface area contributed by atoms with Crippen molar-refractivity contribution in [2.75, 3.05) is 26.2 Å². The van der Waals surface area contributed by atoms with Crippen LogP contribution in [0.3, 0.4) is 0 Å². The van der Waals surface area contributed by atoms with E-state index in [4.69, 9.17) is 0 Å². The van der Waals surface area contributed by atoms with Gasteiger partial charge >= 0.3 is 0 Å². The van der Waals surface area contributed by atoms with E-state index in [1.807, 2.05) is 0 Å². The van der Waals surface area contributed by atoms with Crippen LogP contribution in [-0.4, -0.2) is 31.1 Å². The van der Waals surface area contributed by atoms with Crippen molar-refractivity contribution in [1.82, 2.24) is 10.2 Å². The van der Waals surface area contributed by atoms with Crippen LogP contribution in [0.15, 0.2) is 24.3 Å². The number of benzene rings is 1. The first-order valence-corrected chi connectivity index (χ1v) is 8.41. The predicted octanol–water partition coefficient (Wildman–Crippen LogP) is 3.21. The van der Waals surface area contributed by atoms with Gasteiger partial charge in [-0.15, -0.1) is 0 Å². The fourth-order valence-corrected chi connectivity index (χ4v) is 3.59. The fourth-order valence-electron chi connectivity index (χ4n) is 3.59. The lowest BCUT2D eigenvalue weighted by atomic mass is 9.92. The molecule has 2 heterocycles. The summed E-state index contributed by atoms with van der Waals surface area (Å²) in [5.41, 5.74) is 3.00. The molecule has 2 heteroatoms. The molecule has 0 saturated carbocycles. The Kier molecular flexibility index (Phi) is 5.10. The Morgan fingerprint density at radius 2 is 1.70 bits per heavy atom. The average Bonchev–Trinajstić information content (AvgIpc) is 2.51. The molecule has 1 unspecified atom stereocenters. The van der Waals surface area contributed by atoms with Crippen molar-refractivity contribution in [2.24, 2.45) is 5.92 Å². The molecule has 1 atom stereocenters. The number of rotatable bonds is 4. The molecule has 1 aromatic carbocycles. The van der Waals surface area contributed by atoms with Gasteiger partial charge in [-0.2, -0.15) is 0 Å². The second kappa shape index (κ2) is 7.24. The summed E-state index contributed by atoms with van der Waals surface area (Å²) >= 11 is 0. The largest absolute Gasteiger partial charge is 0.316 e. The van der Waals surface area contributed by atoms with Gasteiger partial charge in [0.05, 0.1) is 0 Å². The molecule has 0 radical (unpaired) electrons. The number of piperidine rings is 2. The third kappa shape index (κ3) is 4.07. The van der Waals surface area contributed by atoms with E-state index in [2.05, 4.69) is 34.5 Å². The standard InChI is InChI=1S/C18H28N2/c1-2-11-20(12-3-1)15-17-8-6-16(7-9-17)13-18-5-4-10-19-14-18/h6-9,18-19H,1-5,10-15H2.